The number of aliphatic carboxylic acids is 1. The number of hydrogen-bond donors (Lipinski definition) is 10. The zero-order valence-corrected chi connectivity index (χ0v) is 29.2. The molecule has 0 saturated carbocycles. The minimum atomic E-state index is -1.61. The number of aliphatic hydroxyl groups is 2. The maximum Gasteiger partial charge on any atom is 0.408 e. The summed E-state index contributed by atoms with van der Waals surface area (Å²) < 4.78 is 5.06. The van der Waals surface area contributed by atoms with Crippen LogP contribution < -0.4 is 32.3 Å². The number of ether oxygens (including phenoxy) is 1. The van der Waals surface area contributed by atoms with Crippen molar-refractivity contribution in [1.29, 1.82) is 0 Å². The second kappa shape index (κ2) is 22.5. The zero-order valence-electron chi connectivity index (χ0n) is 29.2. The van der Waals surface area contributed by atoms with Crippen LogP contribution in [-0.4, -0.2) is 106 Å². The molecule has 0 heterocycles. The molecule has 5 amide bonds. The van der Waals surface area contributed by atoms with Gasteiger partial charge in [0.15, 0.2) is 0 Å². The van der Waals surface area contributed by atoms with E-state index in [1.54, 1.807) is 44.2 Å². The quantitative estimate of drug-likeness (QED) is 0.0681. The number of unbranched alkanes of at least 4 members (excludes halogenated alkanes) is 1. The van der Waals surface area contributed by atoms with Crippen LogP contribution in [0.5, 0.6) is 5.75 Å². The third kappa shape index (κ3) is 15.3. The van der Waals surface area contributed by atoms with Gasteiger partial charge in [-0.2, -0.15) is 0 Å². The van der Waals surface area contributed by atoms with E-state index >= 15 is 0 Å². The van der Waals surface area contributed by atoms with E-state index in [4.69, 9.17) is 10.5 Å². The number of carbonyl (C=O) groups is 6. The molecule has 0 unspecified atom stereocenters. The lowest BCUT2D eigenvalue weighted by molar-refractivity contribution is -0.142. The van der Waals surface area contributed by atoms with Crippen LogP contribution in [0.25, 0.3) is 0 Å². The van der Waals surface area contributed by atoms with E-state index in [1.165, 1.54) is 24.3 Å². The van der Waals surface area contributed by atoms with Gasteiger partial charge < -0.3 is 57.5 Å². The van der Waals surface area contributed by atoms with Gasteiger partial charge in [-0.05, 0) is 61.4 Å². The Morgan fingerprint density at radius 3 is 1.75 bits per heavy atom. The largest absolute Gasteiger partial charge is 0.508 e. The Labute approximate surface area is 301 Å². The first-order valence-electron chi connectivity index (χ1n) is 16.9. The number of alkyl carbamates (subject to hydrolysis) is 1. The van der Waals surface area contributed by atoms with Gasteiger partial charge in [-0.25, -0.2) is 9.59 Å². The topological polar surface area (TPSA) is 279 Å². The predicted molar refractivity (Wildman–Crippen MR) is 187 cm³/mol. The van der Waals surface area contributed by atoms with Crippen molar-refractivity contribution < 1.29 is 53.9 Å². The molecular formula is C35H50N6O11. The number of phenolic OH excluding ortho intramolecular Hbond substituents is 1. The second-order valence-corrected chi connectivity index (χ2v) is 12.5. The van der Waals surface area contributed by atoms with Gasteiger partial charge >= 0.3 is 12.1 Å². The molecule has 2 aromatic rings. The lowest BCUT2D eigenvalue weighted by atomic mass is 10.0. The normalized spacial score (nSPS) is 13.8. The molecule has 52 heavy (non-hydrogen) atoms. The number of aromatic hydroxyl groups is 1. The summed E-state index contributed by atoms with van der Waals surface area (Å²) in [7, 11) is 0. The first-order chi connectivity index (χ1) is 24.8. The lowest BCUT2D eigenvalue weighted by Crippen LogP contribution is -2.60. The standard InChI is InChI=1S/C35H50N6O11/c1-21(2)16-26(31(46)39-27(34(49)50)17-22-11-13-24(44)14-12-22)38-30(45)25(10-6-7-15-36)37-32(47)28(18-42)40-33(48)29(19-43)41-35(51)52-20-23-8-4-3-5-9-23/h3-5,8-9,11-14,21,25-29,42-44H,6-7,10,15-20,36H2,1-2H3,(H,37,47)(H,38,45)(H,39,46)(H,40,48)(H,41,51)(H,49,50)/t25-,26-,27-,28-,29-/m0/s1. The molecule has 2 aromatic carbocycles. The number of carboxylic acids is 1. The van der Waals surface area contributed by atoms with E-state index in [2.05, 4.69) is 26.6 Å². The fourth-order valence-corrected chi connectivity index (χ4v) is 4.92. The van der Waals surface area contributed by atoms with Gasteiger partial charge in [-0.1, -0.05) is 56.3 Å². The molecule has 5 atom stereocenters. The molecule has 0 aliphatic heterocycles. The van der Waals surface area contributed by atoms with Crippen molar-refractivity contribution in [2.75, 3.05) is 19.8 Å². The first kappa shape index (κ1) is 42.9. The van der Waals surface area contributed by atoms with Gasteiger partial charge in [-0.15, -0.1) is 0 Å². The van der Waals surface area contributed by atoms with E-state index in [1.807, 2.05) is 0 Å². The highest BCUT2D eigenvalue weighted by Gasteiger charge is 2.32. The number of nitrogens with two attached hydrogens (primary N) is 1. The number of carboxylic acid groups (broad SMARTS) is 1. The maximum absolute atomic E-state index is 13.6. The minimum absolute atomic E-state index is 0.0109. The van der Waals surface area contributed by atoms with Crippen LogP contribution in [0.15, 0.2) is 54.6 Å². The number of phenols is 1. The molecule has 11 N–H and O–H groups in total. The molecule has 0 aromatic heterocycles. The van der Waals surface area contributed by atoms with Crippen LogP contribution in [0, 0.1) is 5.92 Å². The van der Waals surface area contributed by atoms with Crippen LogP contribution in [0.4, 0.5) is 4.79 Å². The Balaban J connectivity index is 2.11. The average molecular weight is 731 g/mol. The highest BCUT2D eigenvalue weighted by molar-refractivity contribution is 5.96. The molecule has 0 aliphatic carbocycles. The third-order valence-electron chi connectivity index (χ3n) is 7.73. The van der Waals surface area contributed by atoms with E-state index in [0.717, 1.165) is 0 Å². The van der Waals surface area contributed by atoms with Crippen LogP contribution in [0.2, 0.25) is 0 Å². The molecular weight excluding hydrogens is 680 g/mol. The third-order valence-corrected chi connectivity index (χ3v) is 7.73. The van der Waals surface area contributed by atoms with Crippen molar-refractivity contribution in [1.82, 2.24) is 26.6 Å². The van der Waals surface area contributed by atoms with Gasteiger partial charge in [0.1, 0.15) is 42.6 Å². The summed E-state index contributed by atoms with van der Waals surface area (Å²) in [5, 5.41) is 50.9. The summed E-state index contributed by atoms with van der Waals surface area (Å²) in [6, 6.07) is 7.52. The molecule has 0 fully saturated rings. The van der Waals surface area contributed by atoms with Gasteiger partial charge in [-0.3, -0.25) is 19.2 Å². The van der Waals surface area contributed by atoms with Crippen LogP contribution in [0.3, 0.4) is 0 Å². The molecule has 0 spiro atoms. The molecule has 286 valence electrons. The molecule has 0 radical (unpaired) electrons. The predicted octanol–water partition coefficient (Wildman–Crippen LogP) is -0.587. The van der Waals surface area contributed by atoms with Crippen LogP contribution in [-0.2, 0) is 41.7 Å². The number of aliphatic hydroxyl groups excluding tert-OH is 2. The molecule has 2 rings (SSSR count). The van der Waals surface area contributed by atoms with Crippen LogP contribution >= 0.6 is 0 Å². The number of benzene rings is 2. The van der Waals surface area contributed by atoms with Crippen molar-refractivity contribution in [2.45, 2.75) is 82.8 Å². The first-order valence-corrected chi connectivity index (χ1v) is 16.9. The highest BCUT2D eigenvalue weighted by atomic mass is 16.5. The molecule has 17 nitrogen and oxygen atoms in total. The van der Waals surface area contributed by atoms with Gasteiger partial charge in [0.05, 0.1) is 13.2 Å². The maximum atomic E-state index is 13.6. The number of hydrogen-bond acceptors (Lipinski definition) is 11. The van der Waals surface area contributed by atoms with E-state index in [-0.39, 0.29) is 44.1 Å². The summed E-state index contributed by atoms with van der Waals surface area (Å²) >= 11 is 0. The summed E-state index contributed by atoms with van der Waals surface area (Å²) in [6.07, 6.45) is -0.0833. The monoisotopic (exact) mass is 730 g/mol. The van der Waals surface area contributed by atoms with Gasteiger partial charge in [0.25, 0.3) is 0 Å². The molecule has 0 saturated heterocycles. The number of rotatable bonds is 22. The van der Waals surface area contributed by atoms with Crippen molar-refractivity contribution >= 4 is 35.7 Å². The van der Waals surface area contributed by atoms with Crippen molar-refractivity contribution in [3.05, 3.63) is 65.7 Å². The average Bonchev–Trinajstić information content (AvgIpc) is 3.11. The van der Waals surface area contributed by atoms with E-state index < -0.39 is 79.1 Å². The smallest absolute Gasteiger partial charge is 0.408 e. The van der Waals surface area contributed by atoms with Gasteiger partial charge in [0, 0.05) is 6.42 Å². The van der Waals surface area contributed by atoms with Crippen molar-refractivity contribution in [3.8, 4) is 5.75 Å². The summed E-state index contributed by atoms with van der Waals surface area (Å²) in [4.78, 5) is 77.3. The van der Waals surface area contributed by atoms with Crippen molar-refractivity contribution in [3.63, 3.8) is 0 Å². The zero-order chi connectivity index (χ0) is 38.6. The highest BCUT2D eigenvalue weighted by Crippen LogP contribution is 2.13. The Hall–Kier alpha value is -5.26. The fraction of sp³-hybridized carbons (Fsp3) is 0.486. The fourth-order valence-electron chi connectivity index (χ4n) is 4.92. The van der Waals surface area contributed by atoms with E-state index in [9.17, 15) is 49.2 Å². The Kier molecular flexibility index (Phi) is 18.6. The summed E-state index contributed by atoms with van der Waals surface area (Å²) in [5.74, 6) is -5.00. The lowest BCUT2D eigenvalue weighted by Gasteiger charge is -2.27. The van der Waals surface area contributed by atoms with Gasteiger partial charge in [0.2, 0.25) is 23.6 Å². The Morgan fingerprint density at radius 2 is 1.19 bits per heavy atom. The van der Waals surface area contributed by atoms with Crippen LogP contribution in [0.1, 0.15) is 50.7 Å². The molecule has 0 aliphatic rings. The van der Waals surface area contributed by atoms with Crippen molar-refractivity contribution in [2.24, 2.45) is 11.7 Å². The number of amides is 5. The SMILES string of the molecule is CC(C)C[C@H](NC(=O)[C@H](CCCCN)NC(=O)[C@H](CO)NC(=O)[C@H](CO)NC(=O)OCc1ccccc1)C(=O)N[C@@H](Cc1ccc(O)cc1)C(=O)O. The molecule has 0 bridgehead atoms. The summed E-state index contributed by atoms with van der Waals surface area (Å²) in [5.41, 5.74) is 6.82. The Bertz CT molecular complexity index is 1460. The number of nitrogens with one attached hydrogen (secondary N) is 5. The second-order valence-electron chi connectivity index (χ2n) is 12.5. The Morgan fingerprint density at radius 1 is 0.673 bits per heavy atom. The number of carbonyl (C=O) groups excluding carboxylic acids is 5. The molecule has 17 heteroatoms. The minimum Gasteiger partial charge on any atom is -0.508 e. The van der Waals surface area contributed by atoms with E-state index in [0.29, 0.717) is 24.0 Å². The summed E-state index contributed by atoms with van der Waals surface area (Å²) in [6.45, 7) is 1.99.